The number of piperidine rings is 1. The highest BCUT2D eigenvalue weighted by atomic mass is 35.5. The number of nitrogens with zero attached hydrogens (tertiary/aromatic N) is 3. The van der Waals surface area contributed by atoms with Gasteiger partial charge in [0.05, 0.1) is 6.61 Å². The van der Waals surface area contributed by atoms with Crippen molar-refractivity contribution in [3.05, 3.63) is 16.9 Å². The third kappa shape index (κ3) is 5.82. The Hall–Kier alpha value is -1.56. The maximum Gasteiger partial charge on any atom is 0.410 e. The molecule has 0 unspecified atom stereocenters. The van der Waals surface area contributed by atoms with Crippen molar-refractivity contribution in [3.63, 3.8) is 0 Å². The molecule has 1 saturated heterocycles. The van der Waals surface area contributed by atoms with Gasteiger partial charge in [0.2, 0.25) is 0 Å². The van der Waals surface area contributed by atoms with Crippen molar-refractivity contribution < 1.29 is 14.3 Å². The van der Waals surface area contributed by atoms with Gasteiger partial charge in [0, 0.05) is 24.8 Å². The molecule has 6 nitrogen and oxygen atoms in total. The highest BCUT2D eigenvalue weighted by Crippen LogP contribution is 2.22. The van der Waals surface area contributed by atoms with Crippen molar-refractivity contribution in [2.45, 2.75) is 52.6 Å². The summed E-state index contributed by atoms with van der Waals surface area (Å²) >= 11 is 5.95. The van der Waals surface area contributed by atoms with Crippen LogP contribution >= 0.6 is 11.6 Å². The van der Waals surface area contributed by atoms with Crippen molar-refractivity contribution in [2.24, 2.45) is 5.92 Å². The Morgan fingerprint density at radius 3 is 2.62 bits per heavy atom. The Morgan fingerprint density at radius 1 is 1.38 bits per heavy atom. The van der Waals surface area contributed by atoms with Gasteiger partial charge < -0.3 is 14.4 Å². The van der Waals surface area contributed by atoms with E-state index in [2.05, 4.69) is 9.97 Å². The molecule has 1 aliphatic rings. The zero-order valence-electron chi connectivity index (χ0n) is 14.8. The minimum Gasteiger partial charge on any atom is -0.463 e. The number of likely N-dealkylation sites (tertiary alicyclic amines) is 1. The van der Waals surface area contributed by atoms with Crippen molar-refractivity contribution in [3.8, 4) is 6.01 Å². The Bertz CT molecular complexity index is 567. The molecule has 2 heterocycles. The van der Waals surface area contributed by atoms with Gasteiger partial charge in [-0.15, -0.1) is 0 Å². The van der Waals surface area contributed by atoms with Crippen LogP contribution in [-0.4, -0.2) is 46.3 Å². The second-order valence-electron chi connectivity index (χ2n) is 7.17. The molecule has 0 aromatic carbocycles. The summed E-state index contributed by atoms with van der Waals surface area (Å²) in [6.45, 7) is 9.51. The molecule has 7 heteroatoms. The van der Waals surface area contributed by atoms with Crippen molar-refractivity contribution >= 4 is 17.7 Å². The average Bonchev–Trinajstić information content (AvgIpc) is 2.50. The summed E-state index contributed by atoms with van der Waals surface area (Å²) in [6.07, 6.45) is 4.26. The van der Waals surface area contributed by atoms with Gasteiger partial charge in [0.25, 0.3) is 0 Å². The minimum absolute atomic E-state index is 0.222. The van der Waals surface area contributed by atoms with Crippen LogP contribution in [0.5, 0.6) is 6.01 Å². The van der Waals surface area contributed by atoms with E-state index in [1.165, 1.54) is 0 Å². The number of halogens is 1. The standard InChI is InChI=1S/C17H26ClN3O3/c1-12-11-19-15(20-14(12)18)23-10-7-13-5-8-21(9-6-13)16(22)24-17(2,3)4/h11,13H,5-10H2,1-4H3. The van der Waals surface area contributed by atoms with E-state index < -0.39 is 5.60 Å². The van der Waals surface area contributed by atoms with Gasteiger partial charge in [-0.05, 0) is 52.9 Å². The van der Waals surface area contributed by atoms with Crippen molar-refractivity contribution in [2.75, 3.05) is 19.7 Å². The summed E-state index contributed by atoms with van der Waals surface area (Å²) in [5.74, 6) is 0.532. The van der Waals surface area contributed by atoms with Crippen LogP contribution in [0.3, 0.4) is 0 Å². The maximum atomic E-state index is 12.0. The second-order valence-corrected chi connectivity index (χ2v) is 7.53. The molecule has 1 aliphatic heterocycles. The molecule has 1 aromatic heterocycles. The van der Waals surface area contributed by atoms with Crippen LogP contribution in [-0.2, 0) is 4.74 Å². The Labute approximate surface area is 148 Å². The summed E-state index contributed by atoms with van der Waals surface area (Å²) in [5.41, 5.74) is 0.385. The molecule has 0 atom stereocenters. The highest BCUT2D eigenvalue weighted by Gasteiger charge is 2.26. The Kier molecular flexibility index (Phi) is 6.27. The smallest absolute Gasteiger partial charge is 0.410 e. The molecule has 24 heavy (non-hydrogen) atoms. The number of carbonyl (C=O) groups excluding carboxylic acids is 1. The monoisotopic (exact) mass is 355 g/mol. The van der Waals surface area contributed by atoms with Gasteiger partial charge in [0.1, 0.15) is 10.8 Å². The molecule has 1 fully saturated rings. The minimum atomic E-state index is -0.447. The zero-order chi connectivity index (χ0) is 17.7. The van der Waals surface area contributed by atoms with E-state index in [1.54, 1.807) is 11.1 Å². The summed E-state index contributed by atoms with van der Waals surface area (Å²) < 4.78 is 11.0. The van der Waals surface area contributed by atoms with Crippen LogP contribution in [0.25, 0.3) is 0 Å². The quantitative estimate of drug-likeness (QED) is 0.767. The molecular weight excluding hydrogens is 330 g/mol. The van der Waals surface area contributed by atoms with Gasteiger partial charge in [-0.3, -0.25) is 0 Å². The first kappa shape index (κ1) is 18.8. The topological polar surface area (TPSA) is 64.5 Å². The number of amides is 1. The molecule has 2 rings (SSSR count). The summed E-state index contributed by atoms with van der Waals surface area (Å²) in [7, 11) is 0. The fourth-order valence-corrected chi connectivity index (χ4v) is 2.64. The number of hydrogen-bond donors (Lipinski definition) is 0. The van der Waals surface area contributed by atoms with Crippen molar-refractivity contribution in [1.29, 1.82) is 0 Å². The zero-order valence-corrected chi connectivity index (χ0v) is 15.6. The molecular formula is C17H26ClN3O3. The van der Waals surface area contributed by atoms with E-state index in [1.807, 2.05) is 27.7 Å². The normalized spacial score (nSPS) is 16.1. The molecule has 0 spiro atoms. The number of ether oxygens (including phenoxy) is 2. The number of aryl methyl sites for hydroxylation is 1. The van der Waals surface area contributed by atoms with E-state index in [-0.39, 0.29) is 6.09 Å². The van der Waals surface area contributed by atoms with E-state index in [4.69, 9.17) is 21.1 Å². The Balaban J connectivity index is 1.69. The molecule has 0 bridgehead atoms. The first-order valence-electron chi connectivity index (χ1n) is 8.34. The molecule has 1 amide bonds. The van der Waals surface area contributed by atoms with Crippen LogP contribution < -0.4 is 4.74 Å². The lowest BCUT2D eigenvalue weighted by Crippen LogP contribution is -2.41. The highest BCUT2D eigenvalue weighted by molar-refractivity contribution is 6.30. The molecule has 1 aromatic rings. The lowest BCUT2D eigenvalue weighted by molar-refractivity contribution is 0.0177. The van der Waals surface area contributed by atoms with Crippen LogP contribution in [0, 0.1) is 12.8 Å². The number of aromatic nitrogens is 2. The maximum absolute atomic E-state index is 12.0. The predicted octanol–water partition coefficient (Wildman–Crippen LogP) is 3.85. The van der Waals surface area contributed by atoms with Crippen LogP contribution in [0.1, 0.15) is 45.6 Å². The summed E-state index contributed by atoms with van der Waals surface area (Å²) in [6, 6.07) is 0.316. The molecule has 0 radical (unpaired) electrons. The van der Waals surface area contributed by atoms with E-state index in [0.717, 1.165) is 37.9 Å². The van der Waals surface area contributed by atoms with Gasteiger partial charge in [-0.2, -0.15) is 4.98 Å². The Morgan fingerprint density at radius 2 is 2.04 bits per heavy atom. The molecule has 0 saturated carbocycles. The average molecular weight is 356 g/mol. The fraction of sp³-hybridized carbons (Fsp3) is 0.706. The SMILES string of the molecule is Cc1cnc(OCCC2CCN(C(=O)OC(C)(C)C)CC2)nc1Cl. The predicted molar refractivity (Wildman–Crippen MR) is 92.4 cm³/mol. The lowest BCUT2D eigenvalue weighted by atomic mass is 9.94. The number of carbonyl (C=O) groups is 1. The fourth-order valence-electron chi connectivity index (χ4n) is 2.52. The third-order valence-electron chi connectivity index (χ3n) is 3.91. The first-order valence-corrected chi connectivity index (χ1v) is 8.72. The molecule has 134 valence electrons. The summed E-state index contributed by atoms with van der Waals surface area (Å²) in [4.78, 5) is 22.0. The summed E-state index contributed by atoms with van der Waals surface area (Å²) in [5, 5.41) is 0.422. The van der Waals surface area contributed by atoms with Gasteiger partial charge in [0.15, 0.2) is 0 Å². The van der Waals surface area contributed by atoms with E-state index in [0.29, 0.717) is 23.7 Å². The van der Waals surface area contributed by atoms with Crippen LogP contribution in [0.4, 0.5) is 4.79 Å². The van der Waals surface area contributed by atoms with Gasteiger partial charge in [-0.1, -0.05) is 11.6 Å². The third-order valence-corrected chi connectivity index (χ3v) is 4.29. The van der Waals surface area contributed by atoms with E-state index >= 15 is 0 Å². The number of rotatable bonds is 4. The van der Waals surface area contributed by atoms with Crippen molar-refractivity contribution in [1.82, 2.24) is 14.9 Å². The largest absolute Gasteiger partial charge is 0.463 e. The lowest BCUT2D eigenvalue weighted by Gasteiger charge is -2.33. The van der Waals surface area contributed by atoms with Crippen LogP contribution in [0.15, 0.2) is 6.20 Å². The first-order chi connectivity index (χ1) is 11.2. The molecule has 0 aliphatic carbocycles. The molecule has 0 N–H and O–H groups in total. The number of hydrogen-bond acceptors (Lipinski definition) is 5. The van der Waals surface area contributed by atoms with Crippen LogP contribution in [0.2, 0.25) is 5.15 Å². The van der Waals surface area contributed by atoms with Gasteiger partial charge in [-0.25, -0.2) is 9.78 Å². The van der Waals surface area contributed by atoms with Gasteiger partial charge >= 0.3 is 12.1 Å². The van der Waals surface area contributed by atoms with E-state index in [9.17, 15) is 4.79 Å². The second kappa shape index (κ2) is 8.01.